The van der Waals surface area contributed by atoms with E-state index in [4.69, 9.17) is 10.7 Å². The summed E-state index contributed by atoms with van der Waals surface area (Å²) in [4.78, 5) is 15.4. The molecule has 0 atom stereocenters. The van der Waals surface area contributed by atoms with Gasteiger partial charge in [0.1, 0.15) is 0 Å². The third-order valence-electron chi connectivity index (χ3n) is 2.15. The Hall–Kier alpha value is -0.660. The first-order chi connectivity index (χ1) is 7.38. The topological polar surface area (TPSA) is 76.1 Å². The van der Waals surface area contributed by atoms with Crippen molar-refractivity contribution in [2.24, 2.45) is 5.92 Å². The van der Waals surface area contributed by atoms with Gasteiger partial charge in [0.15, 0.2) is 9.34 Å². The summed E-state index contributed by atoms with van der Waals surface area (Å²) in [5.41, 5.74) is 0.311. The Morgan fingerprint density at radius 2 is 2.19 bits per heavy atom. The molecule has 1 fully saturated rings. The Balaban J connectivity index is 2.20. The van der Waals surface area contributed by atoms with Crippen molar-refractivity contribution < 1.29 is 13.2 Å². The van der Waals surface area contributed by atoms with Gasteiger partial charge < -0.3 is 5.32 Å². The molecule has 0 radical (unpaired) electrons. The molecule has 8 heteroatoms. The average Bonchev–Trinajstić information content (AvgIpc) is 2.90. The number of amides is 1. The monoisotopic (exact) mass is 280 g/mol. The van der Waals surface area contributed by atoms with Gasteiger partial charge in [0.05, 0.1) is 5.69 Å². The molecule has 0 aliphatic heterocycles. The standard InChI is InChI=1S/C8H9ClN2O3S2/c1-4-7(16(9,13)14)15-8(10-4)11-6(12)5-2-3-5/h5H,2-3H2,1H3,(H,10,11,12). The number of rotatable bonds is 3. The first-order valence-corrected chi connectivity index (χ1v) is 7.73. The highest BCUT2D eigenvalue weighted by Gasteiger charge is 2.30. The van der Waals surface area contributed by atoms with Gasteiger partial charge in [0.2, 0.25) is 5.91 Å². The van der Waals surface area contributed by atoms with Crippen LogP contribution in [0, 0.1) is 12.8 Å². The van der Waals surface area contributed by atoms with Gasteiger partial charge in [0, 0.05) is 16.6 Å². The van der Waals surface area contributed by atoms with Crippen LogP contribution in [0.2, 0.25) is 0 Å². The average molecular weight is 281 g/mol. The van der Waals surface area contributed by atoms with E-state index in [2.05, 4.69) is 10.3 Å². The molecule has 1 amide bonds. The molecule has 1 aromatic rings. The number of anilines is 1. The van der Waals surface area contributed by atoms with Gasteiger partial charge >= 0.3 is 0 Å². The van der Waals surface area contributed by atoms with Crippen LogP contribution in [0.1, 0.15) is 18.5 Å². The molecule has 0 aromatic carbocycles. The summed E-state index contributed by atoms with van der Waals surface area (Å²) in [6.45, 7) is 1.54. The van der Waals surface area contributed by atoms with Gasteiger partial charge in [-0.25, -0.2) is 13.4 Å². The molecule has 16 heavy (non-hydrogen) atoms. The van der Waals surface area contributed by atoms with Gasteiger partial charge in [-0.2, -0.15) is 0 Å². The number of aryl methyl sites for hydroxylation is 1. The van der Waals surface area contributed by atoms with Crippen LogP contribution in [-0.2, 0) is 13.8 Å². The lowest BCUT2D eigenvalue weighted by Crippen LogP contribution is -2.12. The quantitative estimate of drug-likeness (QED) is 0.856. The lowest BCUT2D eigenvalue weighted by molar-refractivity contribution is -0.117. The molecule has 0 bridgehead atoms. The summed E-state index contributed by atoms with van der Waals surface area (Å²) in [7, 11) is 1.44. The van der Waals surface area contributed by atoms with Crippen LogP contribution in [0.15, 0.2) is 4.21 Å². The second kappa shape index (κ2) is 3.97. The van der Waals surface area contributed by atoms with E-state index in [1.54, 1.807) is 6.92 Å². The number of hydrogen-bond acceptors (Lipinski definition) is 5. The number of hydrogen-bond donors (Lipinski definition) is 1. The summed E-state index contributed by atoms with van der Waals surface area (Å²) in [6, 6.07) is 0. The summed E-state index contributed by atoms with van der Waals surface area (Å²) >= 11 is 0.877. The molecule has 2 rings (SSSR count). The van der Waals surface area contributed by atoms with Crippen molar-refractivity contribution >= 4 is 42.1 Å². The Morgan fingerprint density at radius 3 is 2.62 bits per heavy atom. The molecule has 0 unspecified atom stereocenters. The number of nitrogens with one attached hydrogen (secondary N) is 1. The molecular formula is C8H9ClN2O3S2. The molecule has 1 aliphatic carbocycles. The lowest BCUT2D eigenvalue weighted by atomic mass is 10.4. The highest BCUT2D eigenvalue weighted by molar-refractivity contribution is 8.15. The fourth-order valence-electron chi connectivity index (χ4n) is 1.22. The molecule has 0 saturated heterocycles. The molecule has 1 aliphatic rings. The zero-order valence-corrected chi connectivity index (χ0v) is 10.7. The van der Waals surface area contributed by atoms with E-state index in [-0.39, 0.29) is 21.2 Å². The van der Waals surface area contributed by atoms with E-state index >= 15 is 0 Å². The molecular weight excluding hydrogens is 272 g/mol. The molecule has 1 N–H and O–H groups in total. The van der Waals surface area contributed by atoms with E-state index in [1.807, 2.05) is 0 Å². The van der Waals surface area contributed by atoms with E-state index in [0.29, 0.717) is 5.69 Å². The van der Waals surface area contributed by atoms with Gasteiger partial charge in [-0.15, -0.1) is 0 Å². The summed E-state index contributed by atoms with van der Waals surface area (Å²) < 4.78 is 22.2. The van der Waals surface area contributed by atoms with Crippen molar-refractivity contribution in [3.05, 3.63) is 5.69 Å². The molecule has 1 saturated carbocycles. The summed E-state index contributed by atoms with van der Waals surface area (Å²) in [5.74, 6) is -0.0486. The highest BCUT2D eigenvalue weighted by atomic mass is 35.7. The van der Waals surface area contributed by atoms with Crippen LogP contribution >= 0.6 is 22.0 Å². The fourth-order valence-corrected chi connectivity index (χ4v) is 3.57. The summed E-state index contributed by atoms with van der Waals surface area (Å²) in [6.07, 6.45) is 1.77. The van der Waals surface area contributed by atoms with E-state index in [1.165, 1.54) is 0 Å². The van der Waals surface area contributed by atoms with Crippen LogP contribution in [0.4, 0.5) is 5.13 Å². The third kappa shape index (κ3) is 2.53. The predicted molar refractivity (Wildman–Crippen MR) is 61.2 cm³/mol. The number of nitrogens with zero attached hydrogens (tertiary/aromatic N) is 1. The second-order valence-corrected chi connectivity index (χ2v) is 7.35. The largest absolute Gasteiger partial charge is 0.302 e. The van der Waals surface area contributed by atoms with Gasteiger partial charge in [-0.3, -0.25) is 4.79 Å². The molecule has 1 heterocycles. The SMILES string of the molecule is Cc1nc(NC(=O)C2CC2)sc1S(=O)(=O)Cl. The first kappa shape index (κ1) is 11.8. The minimum Gasteiger partial charge on any atom is -0.302 e. The number of aromatic nitrogens is 1. The minimum atomic E-state index is -3.78. The second-order valence-electron chi connectivity index (χ2n) is 3.59. The zero-order chi connectivity index (χ0) is 11.9. The van der Waals surface area contributed by atoms with E-state index in [9.17, 15) is 13.2 Å². The Kier molecular flexibility index (Phi) is 2.93. The Labute approximate surface area is 101 Å². The van der Waals surface area contributed by atoms with Crippen molar-refractivity contribution in [1.29, 1.82) is 0 Å². The molecule has 1 aromatic heterocycles. The molecule has 0 spiro atoms. The van der Waals surface area contributed by atoms with Crippen molar-refractivity contribution in [3.8, 4) is 0 Å². The number of carbonyl (C=O) groups excluding carboxylic acids is 1. The van der Waals surface area contributed by atoms with Crippen LogP contribution in [0.3, 0.4) is 0 Å². The van der Waals surface area contributed by atoms with E-state index in [0.717, 1.165) is 24.2 Å². The van der Waals surface area contributed by atoms with Gasteiger partial charge in [-0.05, 0) is 19.8 Å². The summed E-state index contributed by atoms with van der Waals surface area (Å²) in [5, 5.41) is 2.87. The van der Waals surface area contributed by atoms with Crippen LogP contribution < -0.4 is 5.32 Å². The maximum absolute atomic E-state index is 11.4. The Bertz CT molecular complexity index is 533. The van der Waals surface area contributed by atoms with Crippen molar-refractivity contribution in [2.75, 3.05) is 5.32 Å². The third-order valence-corrected chi connectivity index (χ3v) is 5.41. The van der Waals surface area contributed by atoms with Crippen molar-refractivity contribution in [3.63, 3.8) is 0 Å². The van der Waals surface area contributed by atoms with Crippen molar-refractivity contribution in [2.45, 2.75) is 24.0 Å². The van der Waals surface area contributed by atoms with Gasteiger partial charge in [0.25, 0.3) is 9.05 Å². The number of carbonyl (C=O) groups is 1. The van der Waals surface area contributed by atoms with Gasteiger partial charge in [-0.1, -0.05) is 11.3 Å². The Morgan fingerprint density at radius 1 is 1.56 bits per heavy atom. The van der Waals surface area contributed by atoms with Crippen LogP contribution in [0.25, 0.3) is 0 Å². The van der Waals surface area contributed by atoms with Crippen LogP contribution in [-0.4, -0.2) is 19.3 Å². The lowest BCUT2D eigenvalue weighted by Gasteiger charge is -1.96. The minimum absolute atomic E-state index is 0.0136. The maximum atomic E-state index is 11.4. The highest BCUT2D eigenvalue weighted by Crippen LogP contribution is 2.33. The molecule has 5 nitrogen and oxygen atoms in total. The molecule has 88 valence electrons. The number of thiazole rings is 1. The zero-order valence-electron chi connectivity index (χ0n) is 8.36. The smallest absolute Gasteiger partial charge is 0.272 e. The number of halogens is 1. The maximum Gasteiger partial charge on any atom is 0.272 e. The first-order valence-electron chi connectivity index (χ1n) is 4.61. The van der Waals surface area contributed by atoms with Crippen LogP contribution in [0.5, 0.6) is 0 Å². The normalized spacial score (nSPS) is 16.1. The fraction of sp³-hybridized carbons (Fsp3) is 0.500. The predicted octanol–water partition coefficient (Wildman–Crippen LogP) is 1.73. The van der Waals surface area contributed by atoms with Crippen molar-refractivity contribution in [1.82, 2.24) is 4.98 Å². The van der Waals surface area contributed by atoms with E-state index < -0.39 is 9.05 Å².